The molecule has 0 fully saturated rings. The molecule has 0 spiro atoms. The molecule has 0 saturated heterocycles. The van der Waals surface area contributed by atoms with Gasteiger partial charge in [-0.25, -0.2) is 4.79 Å². The van der Waals surface area contributed by atoms with Gasteiger partial charge in [-0.1, -0.05) is 30.3 Å². The predicted octanol–water partition coefficient (Wildman–Crippen LogP) is 3.69. The molecular formula is C15H13IO2. The van der Waals surface area contributed by atoms with E-state index in [0.29, 0.717) is 12.2 Å². The van der Waals surface area contributed by atoms with Crippen molar-refractivity contribution in [3.05, 3.63) is 69.3 Å². The maximum Gasteiger partial charge on any atom is 0.338 e. The van der Waals surface area contributed by atoms with E-state index < -0.39 is 0 Å². The van der Waals surface area contributed by atoms with Crippen molar-refractivity contribution in [1.82, 2.24) is 0 Å². The molecule has 0 bridgehead atoms. The number of ether oxygens (including phenoxy) is 1. The summed E-state index contributed by atoms with van der Waals surface area (Å²) in [5.74, 6) is -0.263. The number of carbonyl (C=O) groups excluding carboxylic acids is 1. The summed E-state index contributed by atoms with van der Waals surface area (Å²) in [5.41, 5.74) is 1.77. The Labute approximate surface area is 120 Å². The average Bonchev–Trinajstić information content (AvgIpc) is 2.42. The van der Waals surface area contributed by atoms with E-state index >= 15 is 0 Å². The number of hydrogen-bond acceptors (Lipinski definition) is 2. The van der Waals surface area contributed by atoms with E-state index in [0.717, 1.165) is 6.42 Å². The van der Waals surface area contributed by atoms with Crippen LogP contribution >= 0.6 is 22.6 Å². The Kier molecular flexibility index (Phi) is 4.75. The lowest BCUT2D eigenvalue weighted by Crippen LogP contribution is -2.07. The predicted molar refractivity (Wildman–Crippen MR) is 79.6 cm³/mol. The van der Waals surface area contributed by atoms with Gasteiger partial charge in [0.05, 0.1) is 12.2 Å². The quantitative estimate of drug-likeness (QED) is 0.620. The van der Waals surface area contributed by atoms with Crippen LogP contribution in [0, 0.1) is 3.57 Å². The third-order valence-electron chi connectivity index (χ3n) is 2.55. The lowest BCUT2D eigenvalue weighted by molar-refractivity contribution is 0.0509. The smallest absolute Gasteiger partial charge is 0.338 e. The van der Waals surface area contributed by atoms with Crippen LogP contribution in [0.25, 0.3) is 0 Å². The van der Waals surface area contributed by atoms with Crippen LogP contribution in [0.1, 0.15) is 15.9 Å². The Morgan fingerprint density at radius 3 is 2.33 bits per heavy atom. The standard InChI is InChI=1S/C15H13IO2/c16-14-8-6-12(7-9-14)10-11-18-15(17)13-4-2-1-3-5-13/h1-9H,10-11H2. The van der Waals surface area contributed by atoms with E-state index in [1.54, 1.807) is 12.1 Å². The molecule has 0 radical (unpaired) electrons. The summed E-state index contributed by atoms with van der Waals surface area (Å²) in [7, 11) is 0. The summed E-state index contributed by atoms with van der Waals surface area (Å²) in [6.45, 7) is 0.411. The fraction of sp³-hybridized carbons (Fsp3) is 0.133. The van der Waals surface area contributed by atoms with Crippen LogP contribution < -0.4 is 0 Å². The Balaban J connectivity index is 1.82. The lowest BCUT2D eigenvalue weighted by Gasteiger charge is -2.05. The van der Waals surface area contributed by atoms with Gasteiger partial charge in [0.2, 0.25) is 0 Å². The molecule has 92 valence electrons. The Morgan fingerprint density at radius 2 is 1.67 bits per heavy atom. The third kappa shape index (κ3) is 3.84. The molecule has 0 amide bonds. The van der Waals surface area contributed by atoms with Gasteiger partial charge in [-0.2, -0.15) is 0 Å². The van der Waals surface area contributed by atoms with Crippen molar-refractivity contribution in [2.24, 2.45) is 0 Å². The van der Waals surface area contributed by atoms with E-state index in [4.69, 9.17) is 4.74 Å². The molecule has 2 aromatic carbocycles. The fourth-order valence-corrected chi connectivity index (χ4v) is 1.93. The topological polar surface area (TPSA) is 26.3 Å². The van der Waals surface area contributed by atoms with Crippen molar-refractivity contribution in [3.8, 4) is 0 Å². The van der Waals surface area contributed by atoms with Crippen LogP contribution in [0.2, 0.25) is 0 Å². The van der Waals surface area contributed by atoms with Crippen LogP contribution in [0.4, 0.5) is 0 Å². The Morgan fingerprint density at radius 1 is 1.00 bits per heavy atom. The molecule has 0 saturated carbocycles. The van der Waals surface area contributed by atoms with Gasteiger partial charge in [0, 0.05) is 9.99 Å². The Hall–Kier alpha value is -1.36. The van der Waals surface area contributed by atoms with Gasteiger partial charge < -0.3 is 4.74 Å². The summed E-state index contributed by atoms with van der Waals surface area (Å²) in [4.78, 5) is 11.7. The van der Waals surface area contributed by atoms with Crippen LogP contribution in [-0.4, -0.2) is 12.6 Å². The summed E-state index contributed by atoms with van der Waals surface area (Å²) in [5, 5.41) is 0. The summed E-state index contributed by atoms with van der Waals surface area (Å²) in [6, 6.07) is 17.3. The monoisotopic (exact) mass is 352 g/mol. The molecule has 2 rings (SSSR count). The second-order valence-electron chi connectivity index (χ2n) is 3.88. The maximum atomic E-state index is 11.7. The maximum absolute atomic E-state index is 11.7. The number of rotatable bonds is 4. The van der Waals surface area contributed by atoms with Gasteiger partial charge >= 0.3 is 5.97 Å². The zero-order valence-corrected chi connectivity index (χ0v) is 12.0. The molecule has 18 heavy (non-hydrogen) atoms. The highest BCUT2D eigenvalue weighted by atomic mass is 127. The molecule has 2 aromatic rings. The fourth-order valence-electron chi connectivity index (χ4n) is 1.57. The van der Waals surface area contributed by atoms with Gasteiger partial charge in [0.25, 0.3) is 0 Å². The second kappa shape index (κ2) is 6.54. The van der Waals surface area contributed by atoms with Gasteiger partial charge in [0.15, 0.2) is 0 Å². The molecule has 0 aliphatic rings. The van der Waals surface area contributed by atoms with Crippen LogP contribution in [0.15, 0.2) is 54.6 Å². The first-order valence-electron chi connectivity index (χ1n) is 5.72. The number of carbonyl (C=O) groups is 1. The molecule has 3 heteroatoms. The number of halogens is 1. The minimum atomic E-state index is -0.263. The zero-order valence-electron chi connectivity index (χ0n) is 9.80. The third-order valence-corrected chi connectivity index (χ3v) is 3.27. The number of esters is 1. The lowest BCUT2D eigenvalue weighted by atomic mass is 10.2. The molecule has 2 nitrogen and oxygen atoms in total. The summed E-state index contributed by atoms with van der Waals surface area (Å²) < 4.78 is 6.43. The average molecular weight is 352 g/mol. The van der Waals surface area contributed by atoms with Crippen molar-refractivity contribution < 1.29 is 9.53 Å². The molecule has 0 N–H and O–H groups in total. The van der Waals surface area contributed by atoms with E-state index in [-0.39, 0.29) is 5.97 Å². The first-order chi connectivity index (χ1) is 8.75. The number of hydrogen-bond donors (Lipinski definition) is 0. The minimum Gasteiger partial charge on any atom is -0.462 e. The van der Waals surface area contributed by atoms with Gasteiger partial charge in [-0.15, -0.1) is 0 Å². The largest absolute Gasteiger partial charge is 0.462 e. The van der Waals surface area contributed by atoms with Gasteiger partial charge in [-0.3, -0.25) is 0 Å². The first-order valence-corrected chi connectivity index (χ1v) is 6.80. The molecule has 0 aliphatic carbocycles. The van der Waals surface area contributed by atoms with E-state index in [1.807, 2.05) is 18.2 Å². The van der Waals surface area contributed by atoms with Crippen LogP contribution in [0.5, 0.6) is 0 Å². The molecule has 0 heterocycles. The van der Waals surface area contributed by atoms with Gasteiger partial charge in [-0.05, 0) is 52.4 Å². The summed E-state index contributed by atoms with van der Waals surface area (Å²) in [6.07, 6.45) is 0.746. The number of benzene rings is 2. The van der Waals surface area contributed by atoms with Crippen molar-refractivity contribution in [2.75, 3.05) is 6.61 Å². The first kappa shape index (κ1) is 13.1. The molecule has 0 aliphatic heterocycles. The molecule has 0 aromatic heterocycles. The van der Waals surface area contributed by atoms with E-state index in [1.165, 1.54) is 9.13 Å². The van der Waals surface area contributed by atoms with Crippen LogP contribution in [-0.2, 0) is 11.2 Å². The second-order valence-corrected chi connectivity index (χ2v) is 5.12. The van der Waals surface area contributed by atoms with Crippen molar-refractivity contribution >= 4 is 28.6 Å². The minimum absolute atomic E-state index is 0.263. The van der Waals surface area contributed by atoms with E-state index in [9.17, 15) is 4.79 Å². The van der Waals surface area contributed by atoms with Crippen molar-refractivity contribution in [3.63, 3.8) is 0 Å². The molecule has 0 atom stereocenters. The SMILES string of the molecule is O=C(OCCc1ccc(I)cc1)c1ccccc1. The highest BCUT2D eigenvalue weighted by Gasteiger charge is 2.05. The summed E-state index contributed by atoms with van der Waals surface area (Å²) >= 11 is 2.27. The van der Waals surface area contributed by atoms with Crippen molar-refractivity contribution in [1.29, 1.82) is 0 Å². The van der Waals surface area contributed by atoms with Crippen molar-refractivity contribution in [2.45, 2.75) is 6.42 Å². The van der Waals surface area contributed by atoms with E-state index in [2.05, 4.69) is 46.9 Å². The molecule has 0 unspecified atom stereocenters. The van der Waals surface area contributed by atoms with Gasteiger partial charge in [0.1, 0.15) is 0 Å². The Bertz CT molecular complexity index is 506. The molecular weight excluding hydrogens is 339 g/mol. The van der Waals surface area contributed by atoms with Crippen LogP contribution in [0.3, 0.4) is 0 Å². The zero-order chi connectivity index (χ0) is 12.8. The highest BCUT2D eigenvalue weighted by Crippen LogP contribution is 2.08. The highest BCUT2D eigenvalue weighted by molar-refractivity contribution is 14.1. The normalized spacial score (nSPS) is 10.1.